The van der Waals surface area contributed by atoms with Crippen LogP contribution in [0.1, 0.15) is 0 Å². The smallest absolute Gasteiger partial charge is 0.386 e. The highest BCUT2D eigenvalue weighted by molar-refractivity contribution is 7.60. The van der Waals surface area contributed by atoms with E-state index in [9.17, 15) is 23.9 Å². The van der Waals surface area contributed by atoms with E-state index in [0.717, 1.165) is 0 Å². The van der Waals surface area contributed by atoms with Gasteiger partial charge in [0.15, 0.2) is 18.1 Å². The topological polar surface area (TPSA) is 233 Å². The van der Waals surface area contributed by atoms with Crippen LogP contribution in [0, 0.1) is 5.41 Å². The molecule has 2 unspecified atom stereocenters. The minimum absolute atomic E-state index is 0.0249. The van der Waals surface area contributed by atoms with E-state index in [1.54, 1.807) is 0 Å². The number of nitrogens with zero attached hydrogens (tertiary/aromatic N) is 3. The second-order valence-electron chi connectivity index (χ2n) is 5.97. The van der Waals surface area contributed by atoms with E-state index in [1.165, 1.54) is 18.3 Å². The number of rotatable bonds is 7. The molecule has 18 heteroatoms. The first-order valence-electron chi connectivity index (χ1n) is 7.82. The molecule has 29 heavy (non-hydrogen) atoms. The molecule has 3 aliphatic rings. The maximum absolute atomic E-state index is 11.9. The molecule has 162 valence electrons. The fourth-order valence-corrected chi connectivity index (χ4v) is 4.53. The first-order valence-corrected chi connectivity index (χ1v) is 10.8. The minimum Gasteiger partial charge on any atom is -0.386 e. The highest BCUT2D eigenvalue weighted by Gasteiger charge is 2.51. The standard InChI is InChI=1S/C11H17N5O11P2/c1-24-7-4(2-25-29(22,23)27-28(19,20)21)26-10(6(7)17)16-3-13-5-8(16)14-11(12)15-9(5)18/h3-7,10,17H,2H2,1H3,(H,22,23)(H2,12,15,18)(H2,19,20,21)/t4-,5?,6-,7-,10-/m1/s1. The lowest BCUT2D eigenvalue weighted by molar-refractivity contribution is -0.119. The summed E-state index contributed by atoms with van der Waals surface area (Å²) in [6, 6.07) is -1.04. The summed E-state index contributed by atoms with van der Waals surface area (Å²) >= 11 is 0. The van der Waals surface area contributed by atoms with Gasteiger partial charge < -0.3 is 29.3 Å². The first-order chi connectivity index (χ1) is 13.4. The Hall–Kier alpha value is -1.58. The van der Waals surface area contributed by atoms with Gasteiger partial charge in [0.25, 0.3) is 5.91 Å². The molecule has 0 saturated carbocycles. The van der Waals surface area contributed by atoms with Crippen molar-refractivity contribution in [2.45, 2.75) is 30.6 Å². The lowest BCUT2D eigenvalue weighted by Gasteiger charge is -2.28. The van der Waals surface area contributed by atoms with E-state index in [4.69, 9.17) is 24.7 Å². The third-order valence-electron chi connectivity index (χ3n) is 4.03. The summed E-state index contributed by atoms with van der Waals surface area (Å²) in [5.41, 5.74) is 0. The fraction of sp³-hybridized carbons (Fsp3) is 0.636. The van der Waals surface area contributed by atoms with Gasteiger partial charge in [0.05, 0.1) is 12.9 Å². The largest absolute Gasteiger partial charge is 0.481 e. The molecule has 1 saturated heterocycles. The molecule has 0 radical (unpaired) electrons. The molecule has 0 aromatic rings. The molecule has 1 fully saturated rings. The molecule has 1 amide bonds. The van der Waals surface area contributed by atoms with E-state index < -0.39 is 64.7 Å². The third kappa shape index (κ3) is 4.78. The van der Waals surface area contributed by atoms with Gasteiger partial charge in [0, 0.05) is 7.11 Å². The monoisotopic (exact) mass is 457 g/mol. The number of amides is 1. The van der Waals surface area contributed by atoms with Crippen LogP contribution in [0.3, 0.4) is 0 Å². The molecule has 0 spiro atoms. The van der Waals surface area contributed by atoms with Crippen LogP contribution in [0.25, 0.3) is 0 Å². The van der Waals surface area contributed by atoms with Crippen molar-refractivity contribution in [1.82, 2.24) is 10.2 Å². The molecule has 0 bridgehead atoms. The van der Waals surface area contributed by atoms with Crippen LogP contribution in [0.4, 0.5) is 0 Å². The lowest BCUT2D eigenvalue weighted by atomic mass is 10.1. The summed E-state index contributed by atoms with van der Waals surface area (Å²) in [5.74, 6) is -0.995. The SMILES string of the molecule is CO[C@H]1[C@@H](O)[C@H](N2C=NC3C(=O)NC(=N)N=C32)O[C@@H]1COP(=O)(O)OP(=O)(O)O. The third-order valence-corrected chi connectivity index (χ3v) is 6.18. The zero-order chi connectivity index (χ0) is 21.6. The van der Waals surface area contributed by atoms with Crippen LogP contribution in [-0.4, -0.2) is 93.0 Å². The summed E-state index contributed by atoms with van der Waals surface area (Å²) < 4.78 is 41.2. The summed E-state index contributed by atoms with van der Waals surface area (Å²) in [6.07, 6.45) is -3.67. The molecule has 6 N–H and O–H groups in total. The molecule has 0 aliphatic carbocycles. The number of methoxy groups -OCH3 is 1. The number of ether oxygens (including phenoxy) is 2. The average molecular weight is 457 g/mol. The number of hydrogen-bond acceptors (Lipinski definition) is 11. The van der Waals surface area contributed by atoms with Crippen molar-refractivity contribution in [2.75, 3.05) is 13.7 Å². The van der Waals surface area contributed by atoms with Crippen molar-refractivity contribution in [2.24, 2.45) is 9.98 Å². The Morgan fingerprint density at radius 1 is 1.38 bits per heavy atom. The molecule has 3 aliphatic heterocycles. The Kier molecular flexibility index (Phi) is 6.04. The number of aliphatic hydroxyl groups excluding tert-OH is 1. The Balaban J connectivity index is 1.73. The van der Waals surface area contributed by atoms with Crippen LogP contribution in [0.2, 0.25) is 0 Å². The van der Waals surface area contributed by atoms with Gasteiger partial charge in [-0.15, -0.1) is 0 Å². The Morgan fingerprint density at radius 3 is 2.69 bits per heavy atom. The van der Waals surface area contributed by atoms with Crippen molar-refractivity contribution in [3.63, 3.8) is 0 Å². The van der Waals surface area contributed by atoms with Crippen LogP contribution >= 0.6 is 15.6 Å². The van der Waals surface area contributed by atoms with Gasteiger partial charge in [-0.05, 0) is 0 Å². The van der Waals surface area contributed by atoms with E-state index >= 15 is 0 Å². The molecule has 0 aromatic carbocycles. The van der Waals surface area contributed by atoms with Gasteiger partial charge in [-0.25, -0.2) is 9.13 Å². The maximum atomic E-state index is 11.9. The number of carbonyl (C=O) groups is 1. The molecule has 3 rings (SSSR count). The maximum Gasteiger partial charge on any atom is 0.481 e. The van der Waals surface area contributed by atoms with Gasteiger partial charge in [0.2, 0.25) is 5.96 Å². The fourth-order valence-electron chi connectivity index (χ4n) is 2.93. The highest BCUT2D eigenvalue weighted by Crippen LogP contribution is 2.57. The number of nitrogens with one attached hydrogen (secondary N) is 2. The molecular formula is C11H17N5O11P2. The Bertz CT molecular complexity index is 858. The first kappa shape index (κ1) is 22.1. The number of amidine groups is 1. The predicted molar refractivity (Wildman–Crippen MR) is 91.8 cm³/mol. The lowest BCUT2D eigenvalue weighted by Crippen LogP contribution is -2.53. The number of phosphoric ester groups is 1. The molecule has 3 heterocycles. The van der Waals surface area contributed by atoms with Crippen molar-refractivity contribution in [3.05, 3.63) is 0 Å². The molecular weight excluding hydrogens is 440 g/mol. The van der Waals surface area contributed by atoms with Gasteiger partial charge in [-0.2, -0.15) is 9.30 Å². The van der Waals surface area contributed by atoms with Crippen molar-refractivity contribution >= 4 is 39.7 Å². The summed E-state index contributed by atoms with van der Waals surface area (Å²) in [7, 11) is -9.21. The van der Waals surface area contributed by atoms with Crippen molar-refractivity contribution < 1.29 is 52.0 Å². The number of phosphoric acid groups is 2. The number of guanidine groups is 1. The zero-order valence-electron chi connectivity index (χ0n) is 14.6. The second kappa shape index (κ2) is 7.92. The summed E-state index contributed by atoms with van der Waals surface area (Å²) in [5, 5.41) is 20.2. The normalized spacial score (nSPS) is 34.0. The number of aliphatic imine (C=N–C) groups is 2. The molecule has 0 aromatic heterocycles. The van der Waals surface area contributed by atoms with Crippen LogP contribution in [-0.2, 0) is 32.2 Å². The molecule has 16 nitrogen and oxygen atoms in total. The van der Waals surface area contributed by atoms with E-state index in [-0.39, 0.29) is 5.84 Å². The summed E-state index contributed by atoms with van der Waals surface area (Å²) in [6.45, 7) is -0.739. The van der Waals surface area contributed by atoms with E-state index in [1.807, 2.05) is 0 Å². The van der Waals surface area contributed by atoms with Gasteiger partial charge in [0.1, 0.15) is 18.3 Å². The van der Waals surface area contributed by atoms with Gasteiger partial charge >= 0.3 is 15.6 Å². The second-order valence-corrected chi connectivity index (χ2v) is 8.80. The van der Waals surface area contributed by atoms with Crippen LogP contribution in [0.15, 0.2) is 9.98 Å². The van der Waals surface area contributed by atoms with Crippen molar-refractivity contribution in [3.8, 4) is 0 Å². The number of fused-ring (bicyclic) bond motifs is 1. The Morgan fingerprint density at radius 2 is 2.07 bits per heavy atom. The van der Waals surface area contributed by atoms with Crippen LogP contribution in [0.5, 0.6) is 0 Å². The van der Waals surface area contributed by atoms with E-state index in [2.05, 4.69) is 24.1 Å². The number of aliphatic hydroxyl groups is 1. The molecule has 6 atom stereocenters. The zero-order valence-corrected chi connectivity index (χ0v) is 16.3. The van der Waals surface area contributed by atoms with E-state index in [0.29, 0.717) is 0 Å². The summed E-state index contributed by atoms with van der Waals surface area (Å²) in [4.78, 5) is 47.5. The van der Waals surface area contributed by atoms with Gasteiger partial charge in [-0.1, -0.05) is 0 Å². The predicted octanol–water partition coefficient (Wildman–Crippen LogP) is -2.51. The van der Waals surface area contributed by atoms with Gasteiger partial charge in [-0.3, -0.25) is 29.9 Å². The average Bonchev–Trinajstić information content (AvgIpc) is 3.11. The Labute approximate surface area is 162 Å². The number of carbonyl (C=O) groups excluding carboxylic acids is 1. The van der Waals surface area contributed by atoms with Crippen LogP contribution < -0.4 is 5.32 Å². The van der Waals surface area contributed by atoms with Crippen molar-refractivity contribution in [1.29, 1.82) is 5.41 Å². The highest BCUT2D eigenvalue weighted by atomic mass is 31.3. The number of hydrogen-bond donors (Lipinski definition) is 6. The quantitative estimate of drug-likeness (QED) is 0.218. The minimum atomic E-state index is -5.30.